The molecule has 57 heavy (non-hydrogen) atoms. The third kappa shape index (κ3) is 8.60. The standard InChI is InChI=1S/C39H29ClFN3O13/c1-21(45)55-29-14-33(42-16-26(29)40)57-38(49)24-9-5-8-23(12-24)35(46)44-36(47)27(41)17-43(39(44)50)34-15-31(51-18-22-6-3-2-4-7-22)32(56-34)19-52-37(48)25-10-11-28-30(13-25)54-20-53-28/h2-14,16-17,31-32,34H,15,18-20H2,1H3/t31-,32+,34+/m0/s1. The van der Waals surface area contributed by atoms with Gasteiger partial charge in [-0.1, -0.05) is 48.0 Å². The fourth-order valence-corrected chi connectivity index (χ4v) is 6.06. The first-order valence-corrected chi connectivity index (χ1v) is 17.5. The molecule has 2 aliphatic heterocycles. The first-order chi connectivity index (χ1) is 27.4. The lowest BCUT2D eigenvalue weighted by Crippen LogP contribution is -2.46. The molecule has 0 spiro atoms. The van der Waals surface area contributed by atoms with Crippen LogP contribution in [0.5, 0.6) is 23.1 Å². The molecule has 2 aliphatic rings. The molecule has 3 aromatic carbocycles. The molecule has 16 nitrogen and oxygen atoms in total. The third-order valence-electron chi connectivity index (χ3n) is 8.65. The molecule has 18 heteroatoms. The monoisotopic (exact) mass is 801 g/mol. The van der Waals surface area contributed by atoms with E-state index in [0.717, 1.165) is 35.4 Å². The maximum absolute atomic E-state index is 15.3. The zero-order chi connectivity index (χ0) is 40.2. The number of hydrogen-bond acceptors (Lipinski definition) is 14. The Labute approximate surface area is 325 Å². The van der Waals surface area contributed by atoms with Crippen molar-refractivity contribution in [1.82, 2.24) is 14.1 Å². The summed E-state index contributed by atoms with van der Waals surface area (Å²) in [5.74, 6) is -4.73. The van der Waals surface area contributed by atoms with E-state index in [1.54, 1.807) is 6.07 Å². The summed E-state index contributed by atoms with van der Waals surface area (Å²) in [6, 6.07) is 19.5. The molecule has 0 unspecified atom stereocenters. The minimum atomic E-state index is -1.55. The van der Waals surface area contributed by atoms with Crippen LogP contribution in [-0.4, -0.2) is 63.5 Å². The quantitative estimate of drug-likeness (QED) is 0.170. The molecule has 0 N–H and O–H groups in total. The van der Waals surface area contributed by atoms with Gasteiger partial charge in [0.15, 0.2) is 17.2 Å². The maximum Gasteiger partial charge on any atom is 0.344 e. The van der Waals surface area contributed by atoms with Crippen LogP contribution in [0.2, 0.25) is 5.02 Å². The van der Waals surface area contributed by atoms with Crippen molar-refractivity contribution in [2.24, 2.45) is 0 Å². The summed E-state index contributed by atoms with van der Waals surface area (Å²) in [6.07, 6.45) is -1.45. The van der Waals surface area contributed by atoms with E-state index in [0.29, 0.717) is 17.7 Å². The second-order valence-electron chi connectivity index (χ2n) is 12.5. The Morgan fingerprint density at radius 3 is 2.44 bits per heavy atom. The summed E-state index contributed by atoms with van der Waals surface area (Å²) in [4.78, 5) is 81.8. The van der Waals surface area contributed by atoms with Gasteiger partial charge >= 0.3 is 23.6 Å². The van der Waals surface area contributed by atoms with Gasteiger partial charge in [0.2, 0.25) is 18.5 Å². The summed E-state index contributed by atoms with van der Waals surface area (Å²) >= 11 is 5.97. The van der Waals surface area contributed by atoms with E-state index in [2.05, 4.69) is 4.98 Å². The second-order valence-corrected chi connectivity index (χ2v) is 12.9. The number of esters is 3. The van der Waals surface area contributed by atoms with Crippen LogP contribution in [0.15, 0.2) is 101 Å². The number of benzene rings is 3. The van der Waals surface area contributed by atoms with Crippen LogP contribution >= 0.6 is 11.6 Å². The largest absolute Gasteiger partial charge is 0.459 e. The van der Waals surface area contributed by atoms with Crippen LogP contribution in [0.1, 0.15) is 56.2 Å². The van der Waals surface area contributed by atoms with Crippen molar-refractivity contribution in [3.63, 3.8) is 0 Å². The predicted octanol–water partition coefficient (Wildman–Crippen LogP) is 4.49. The molecule has 7 rings (SSSR count). The number of aromatic nitrogens is 3. The fourth-order valence-electron chi connectivity index (χ4n) is 5.92. The number of carbonyl (C=O) groups is 4. The third-order valence-corrected chi connectivity index (χ3v) is 8.93. The minimum absolute atomic E-state index is 0.0104. The summed E-state index contributed by atoms with van der Waals surface area (Å²) in [6.45, 7) is 0.911. The van der Waals surface area contributed by atoms with E-state index in [1.807, 2.05) is 30.3 Å². The highest BCUT2D eigenvalue weighted by Crippen LogP contribution is 2.34. The number of ether oxygens (including phenoxy) is 7. The molecule has 0 amide bonds. The van der Waals surface area contributed by atoms with E-state index >= 15 is 4.39 Å². The Morgan fingerprint density at radius 1 is 0.895 bits per heavy atom. The number of nitrogens with zero attached hydrogens (tertiary/aromatic N) is 3. The number of fused-ring (bicyclic) bond motifs is 1. The van der Waals surface area contributed by atoms with Gasteiger partial charge in [0.1, 0.15) is 24.0 Å². The Kier molecular flexibility index (Phi) is 11.2. The number of hydrogen-bond donors (Lipinski definition) is 0. The first kappa shape index (κ1) is 38.6. The zero-order valence-electron chi connectivity index (χ0n) is 29.6. The molecular weight excluding hydrogens is 773 g/mol. The summed E-state index contributed by atoms with van der Waals surface area (Å²) in [5.41, 5.74) is -2.40. The molecular formula is C39H29ClFN3O13. The molecule has 0 bridgehead atoms. The van der Waals surface area contributed by atoms with Gasteiger partial charge in [-0.15, -0.1) is 0 Å². The predicted molar refractivity (Wildman–Crippen MR) is 193 cm³/mol. The van der Waals surface area contributed by atoms with Gasteiger partial charge in [-0.25, -0.2) is 19.4 Å². The van der Waals surface area contributed by atoms with Crippen LogP contribution in [0.4, 0.5) is 4.39 Å². The highest BCUT2D eigenvalue weighted by Gasteiger charge is 2.39. The van der Waals surface area contributed by atoms with Crippen LogP contribution in [0.3, 0.4) is 0 Å². The van der Waals surface area contributed by atoms with E-state index in [-0.39, 0.29) is 64.3 Å². The van der Waals surface area contributed by atoms with Crippen LogP contribution in [-0.2, 0) is 25.6 Å². The minimum Gasteiger partial charge on any atom is -0.459 e. The smallest absolute Gasteiger partial charge is 0.344 e. The van der Waals surface area contributed by atoms with Crippen LogP contribution in [0.25, 0.3) is 0 Å². The number of carbonyl (C=O) groups excluding carboxylic acids is 4. The Morgan fingerprint density at radius 2 is 1.65 bits per heavy atom. The molecule has 4 heterocycles. The van der Waals surface area contributed by atoms with Crippen molar-refractivity contribution in [3.8, 4) is 23.1 Å². The van der Waals surface area contributed by atoms with Crippen molar-refractivity contribution in [3.05, 3.63) is 145 Å². The molecule has 1 saturated heterocycles. The lowest BCUT2D eigenvalue weighted by Gasteiger charge is -2.19. The van der Waals surface area contributed by atoms with Gasteiger partial charge < -0.3 is 33.2 Å². The normalized spacial score (nSPS) is 16.9. The van der Waals surface area contributed by atoms with Crippen LogP contribution < -0.4 is 30.2 Å². The lowest BCUT2D eigenvalue weighted by atomic mass is 10.1. The number of pyridine rings is 1. The first-order valence-electron chi connectivity index (χ1n) is 17.1. The molecule has 5 aromatic rings. The molecule has 0 saturated carbocycles. The van der Waals surface area contributed by atoms with Gasteiger partial charge in [-0.3, -0.25) is 19.0 Å². The summed E-state index contributed by atoms with van der Waals surface area (Å²) in [5, 5.41) is -0.0291. The molecule has 3 atom stereocenters. The maximum atomic E-state index is 15.3. The van der Waals surface area contributed by atoms with Crippen molar-refractivity contribution >= 4 is 35.4 Å². The van der Waals surface area contributed by atoms with Gasteiger partial charge in [0.05, 0.1) is 36.2 Å². The van der Waals surface area contributed by atoms with E-state index in [4.69, 9.17) is 44.8 Å². The van der Waals surface area contributed by atoms with E-state index in [9.17, 15) is 28.8 Å². The number of rotatable bonds is 11. The highest BCUT2D eigenvalue weighted by atomic mass is 35.5. The van der Waals surface area contributed by atoms with Crippen molar-refractivity contribution in [2.75, 3.05) is 13.4 Å². The van der Waals surface area contributed by atoms with Crippen molar-refractivity contribution in [1.29, 1.82) is 0 Å². The average molecular weight is 802 g/mol. The van der Waals surface area contributed by atoms with Gasteiger partial charge in [0, 0.05) is 25.0 Å². The van der Waals surface area contributed by atoms with Gasteiger partial charge in [-0.2, -0.15) is 8.96 Å². The average Bonchev–Trinajstić information content (AvgIpc) is 3.86. The van der Waals surface area contributed by atoms with Crippen molar-refractivity contribution < 1.29 is 56.7 Å². The Hall–Kier alpha value is -6.69. The summed E-state index contributed by atoms with van der Waals surface area (Å²) < 4.78 is 54.7. The SMILES string of the molecule is CC(=O)Oc1cc(OC(=O)c2cccc(C(=O)n3c(=O)c(F)cn([C@H]4C[C@H](OCc5ccccc5)[C@@H](COC(=O)c5ccc6c(c5)OCO6)O4)c3=O)c2)ncc1Cl. The molecule has 0 radical (unpaired) electrons. The Balaban J connectivity index is 1.11. The topological polar surface area (TPSA) is 190 Å². The molecule has 1 fully saturated rings. The lowest BCUT2D eigenvalue weighted by molar-refractivity contribution is -0.131. The Bertz CT molecular complexity index is 2510. The van der Waals surface area contributed by atoms with E-state index in [1.165, 1.54) is 30.3 Å². The van der Waals surface area contributed by atoms with Crippen molar-refractivity contribution in [2.45, 2.75) is 38.4 Å². The van der Waals surface area contributed by atoms with Gasteiger partial charge in [0.25, 0.3) is 11.5 Å². The second kappa shape index (κ2) is 16.6. The van der Waals surface area contributed by atoms with Crippen LogP contribution in [0, 0.1) is 5.82 Å². The number of halogens is 2. The fraction of sp³-hybridized carbons (Fsp3) is 0.205. The zero-order valence-corrected chi connectivity index (χ0v) is 30.4. The summed E-state index contributed by atoms with van der Waals surface area (Å²) in [7, 11) is 0. The molecule has 2 aromatic heterocycles. The molecule has 0 aliphatic carbocycles. The molecule has 292 valence electrons. The highest BCUT2D eigenvalue weighted by molar-refractivity contribution is 6.32. The van der Waals surface area contributed by atoms with Gasteiger partial charge in [-0.05, 0) is 42.0 Å². The van der Waals surface area contributed by atoms with E-state index < -0.39 is 59.3 Å².